The summed E-state index contributed by atoms with van der Waals surface area (Å²) < 4.78 is 11.3. The van der Waals surface area contributed by atoms with Gasteiger partial charge in [0.15, 0.2) is 0 Å². The van der Waals surface area contributed by atoms with Crippen molar-refractivity contribution < 1.29 is 9.15 Å². The molecule has 3 aromatic rings. The highest BCUT2D eigenvalue weighted by Crippen LogP contribution is 2.34. The Balaban J connectivity index is 1.88. The average Bonchev–Trinajstić information content (AvgIpc) is 2.91. The summed E-state index contributed by atoms with van der Waals surface area (Å²) in [6.07, 6.45) is 0.822. The fraction of sp³-hybridized carbons (Fsp3) is 0.222. The molecule has 3 heteroatoms. The van der Waals surface area contributed by atoms with Crippen LogP contribution < -0.4 is 4.74 Å². The lowest BCUT2D eigenvalue weighted by atomic mass is 10.1. The van der Waals surface area contributed by atoms with Gasteiger partial charge in [0, 0.05) is 5.39 Å². The van der Waals surface area contributed by atoms with Crippen molar-refractivity contribution >= 4 is 26.9 Å². The Morgan fingerprint density at radius 3 is 2.76 bits per heavy atom. The van der Waals surface area contributed by atoms with Crippen molar-refractivity contribution in [2.75, 3.05) is 7.11 Å². The predicted molar refractivity (Wildman–Crippen MR) is 89.3 cm³/mol. The molecule has 108 valence electrons. The zero-order valence-corrected chi connectivity index (χ0v) is 13.7. The summed E-state index contributed by atoms with van der Waals surface area (Å²) in [7, 11) is 1.70. The van der Waals surface area contributed by atoms with E-state index in [-0.39, 0.29) is 4.83 Å². The summed E-state index contributed by atoms with van der Waals surface area (Å²) in [5, 5.41) is 1.15. The van der Waals surface area contributed by atoms with Crippen molar-refractivity contribution in [2.45, 2.75) is 18.2 Å². The second-order valence-corrected chi connectivity index (χ2v) is 6.28. The van der Waals surface area contributed by atoms with Gasteiger partial charge in [-0.3, -0.25) is 0 Å². The van der Waals surface area contributed by atoms with Crippen LogP contribution in [0, 0.1) is 6.92 Å². The fourth-order valence-electron chi connectivity index (χ4n) is 2.50. The Morgan fingerprint density at radius 2 is 1.95 bits per heavy atom. The van der Waals surface area contributed by atoms with Gasteiger partial charge in [-0.15, -0.1) is 0 Å². The van der Waals surface area contributed by atoms with E-state index >= 15 is 0 Å². The normalized spacial score (nSPS) is 12.5. The lowest BCUT2D eigenvalue weighted by Gasteiger charge is -2.10. The number of rotatable bonds is 4. The minimum atomic E-state index is 0.126. The van der Waals surface area contributed by atoms with Gasteiger partial charge in [-0.05, 0) is 43.2 Å². The minimum Gasteiger partial charge on any atom is -0.496 e. The number of fused-ring (bicyclic) bond motifs is 1. The smallest absolute Gasteiger partial charge is 0.134 e. The van der Waals surface area contributed by atoms with E-state index in [1.54, 1.807) is 7.11 Å². The number of furan rings is 1. The summed E-state index contributed by atoms with van der Waals surface area (Å²) in [5.41, 5.74) is 3.34. The van der Waals surface area contributed by atoms with Gasteiger partial charge in [0.2, 0.25) is 0 Å². The maximum atomic E-state index is 5.94. The van der Waals surface area contributed by atoms with E-state index in [9.17, 15) is 0 Å². The van der Waals surface area contributed by atoms with E-state index in [1.165, 1.54) is 11.1 Å². The first-order valence-electron chi connectivity index (χ1n) is 6.93. The lowest BCUT2D eigenvalue weighted by Crippen LogP contribution is -1.97. The number of halogens is 1. The van der Waals surface area contributed by atoms with Gasteiger partial charge < -0.3 is 9.15 Å². The summed E-state index contributed by atoms with van der Waals surface area (Å²) in [4.78, 5) is 0.126. The first kappa shape index (κ1) is 14.2. The van der Waals surface area contributed by atoms with Crippen LogP contribution >= 0.6 is 15.9 Å². The monoisotopic (exact) mass is 344 g/mol. The first-order chi connectivity index (χ1) is 10.2. The van der Waals surface area contributed by atoms with Gasteiger partial charge in [0.25, 0.3) is 0 Å². The van der Waals surface area contributed by atoms with Gasteiger partial charge in [0.1, 0.15) is 17.1 Å². The molecule has 0 N–H and O–H groups in total. The Hall–Kier alpha value is -1.74. The molecule has 1 unspecified atom stereocenters. The molecular formula is C18H17BrO2. The van der Waals surface area contributed by atoms with E-state index in [1.807, 2.05) is 24.3 Å². The van der Waals surface area contributed by atoms with Crippen LogP contribution in [0.15, 0.2) is 52.9 Å². The van der Waals surface area contributed by atoms with Crippen LogP contribution in [0.3, 0.4) is 0 Å². The van der Waals surface area contributed by atoms with Crippen molar-refractivity contribution in [2.24, 2.45) is 0 Å². The topological polar surface area (TPSA) is 22.4 Å². The van der Waals surface area contributed by atoms with Gasteiger partial charge in [0.05, 0.1) is 11.9 Å². The highest BCUT2D eigenvalue weighted by Gasteiger charge is 2.16. The molecular weight excluding hydrogens is 328 g/mol. The molecule has 0 bridgehead atoms. The van der Waals surface area contributed by atoms with Crippen molar-refractivity contribution in [1.29, 1.82) is 0 Å². The molecule has 21 heavy (non-hydrogen) atoms. The number of alkyl halides is 1. The number of hydrogen-bond acceptors (Lipinski definition) is 2. The summed E-state index contributed by atoms with van der Waals surface area (Å²) in [5.74, 6) is 1.86. The molecule has 0 amide bonds. The van der Waals surface area contributed by atoms with Crippen LogP contribution in [0.1, 0.15) is 21.7 Å². The Kier molecular flexibility index (Phi) is 4.02. The molecule has 0 aliphatic heterocycles. The van der Waals surface area contributed by atoms with Crippen molar-refractivity contribution in [3.05, 3.63) is 65.4 Å². The zero-order valence-electron chi connectivity index (χ0n) is 12.1. The lowest BCUT2D eigenvalue weighted by molar-refractivity contribution is 0.409. The van der Waals surface area contributed by atoms with Gasteiger partial charge in [-0.2, -0.15) is 0 Å². The molecule has 0 spiro atoms. The van der Waals surface area contributed by atoms with Gasteiger partial charge >= 0.3 is 0 Å². The highest BCUT2D eigenvalue weighted by molar-refractivity contribution is 9.09. The van der Waals surface area contributed by atoms with Crippen LogP contribution in [0.25, 0.3) is 11.0 Å². The van der Waals surface area contributed by atoms with E-state index in [0.717, 1.165) is 28.9 Å². The quantitative estimate of drug-likeness (QED) is 0.589. The third-order valence-electron chi connectivity index (χ3n) is 3.59. The summed E-state index contributed by atoms with van der Waals surface area (Å²) in [6.45, 7) is 2.09. The Morgan fingerprint density at radius 1 is 1.14 bits per heavy atom. The second kappa shape index (κ2) is 5.94. The van der Waals surface area contributed by atoms with Crippen molar-refractivity contribution in [3.8, 4) is 5.75 Å². The van der Waals surface area contributed by atoms with Crippen LogP contribution in [-0.2, 0) is 6.42 Å². The Bertz CT molecular complexity index is 761. The van der Waals surface area contributed by atoms with Gasteiger partial charge in [-0.25, -0.2) is 0 Å². The van der Waals surface area contributed by atoms with Crippen LogP contribution in [0.2, 0.25) is 0 Å². The van der Waals surface area contributed by atoms with Crippen LogP contribution in [0.5, 0.6) is 5.75 Å². The standard InChI is InChI=1S/C18H17BrO2/c1-12-7-8-17-14(9-12)11-18(21-17)15(19)10-13-5-3-4-6-16(13)20-2/h3-9,11,15H,10H2,1-2H3. The van der Waals surface area contributed by atoms with E-state index in [4.69, 9.17) is 9.15 Å². The molecule has 0 aliphatic carbocycles. The maximum Gasteiger partial charge on any atom is 0.134 e. The predicted octanol–water partition coefficient (Wildman–Crippen LogP) is 5.43. The van der Waals surface area contributed by atoms with E-state index in [0.29, 0.717) is 0 Å². The molecule has 1 heterocycles. The Labute approximate surface area is 132 Å². The number of ether oxygens (including phenoxy) is 1. The third-order valence-corrected chi connectivity index (χ3v) is 4.37. The van der Waals surface area contributed by atoms with Crippen molar-refractivity contribution in [3.63, 3.8) is 0 Å². The molecule has 2 nitrogen and oxygen atoms in total. The second-order valence-electron chi connectivity index (χ2n) is 5.17. The largest absolute Gasteiger partial charge is 0.496 e. The molecule has 3 rings (SSSR count). The van der Waals surface area contributed by atoms with Crippen LogP contribution in [0.4, 0.5) is 0 Å². The van der Waals surface area contributed by atoms with Gasteiger partial charge in [-0.1, -0.05) is 45.8 Å². The summed E-state index contributed by atoms with van der Waals surface area (Å²) in [6, 6.07) is 16.4. The molecule has 1 atom stereocenters. The number of methoxy groups -OCH3 is 1. The SMILES string of the molecule is COc1ccccc1CC(Br)c1cc2cc(C)ccc2o1. The number of hydrogen-bond donors (Lipinski definition) is 0. The average molecular weight is 345 g/mol. The van der Waals surface area contributed by atoms with Crippen molar-refractivity contribution in [1.82, 2.24) is 0 Å². The molecule has 1 aromatic heterocycles. The van der Waals surface area contributed by atoms with E-state index < -0.39 is 0 Å². The summed E-state index contributed by atoms with van der Waals surface area (Å²) >= 11 is 3.73. The molecule has 2 aromatic carbocycles. The maximum absolute atomic E-state index is 5.94. The number of para-hydroxylation sites is 1. The number of benzene rings is 2. The molecule has 0 saturated carbocycles. The molecule has 0 saturated heterocycles. The molecule has 0 aliphatic rings. The molecule has 0 fully saturated rings. The minimum absolute atomic E-state index is 0.126. The van der Waals surface area contributed by atoms with E-state index in [2.05, 4.69) is 47.1 Å². The highest BCUT2D eigenvalue weighted by atomic mass is 79.9. The first-order valence-corrected chi connectivity index (χ1v) is 7.85. The zero-order chi connectivity index (χ0) is 14.8. The fourth-order valence-corrected chi connectivity index (χ4v) is 3.08. The molecule has 0 radical (unpaired) electrons. The number of aryl methyl sites for hydroxylation is 1. The van der Waals surface area contributed by atoms with Crippen LogP contribution in [-0.4, -0.2) is 7.11 Å². The third kappa shape index (κ3) is 2.98.